The molecule has 0 spiro atoms. The number of nitrogens with zero attached hydrogens (tertiary/aromatic N) is 1. The fourth-order valence-electron chi connectivity index (χ4n) is 3.51. The Kier molecular flexibility index (Phi) is 8.29. The summed E-state index contributed by atoms with van der Waals surface area (Å²) in [5, 5.41) is 2.22. The lowest BCUT2D eigenvalue weighted by Crippen LogP contribution is -2.48. The second-order valence-corrected chi connectivity index (χ2v) is 9.86. The first-order valence-electron chi connectivity index (χ1n) is 10.0. The smallest absolute Gasteiger partial charge is 0.417 e. The second-order valence-electron chi connectivity index (χ2n) is 7.60. The Hall–Kier alpha value is -2.46. The van der Waals surface area contributed by atoms with Crippen molar-refractivity contribution in [2.24, 2.45) is 0 Å². The molecule has 2 unspecified atom stereocenters. The third-order valence-electron chi connectivity index (χ3n) is 5.14. The van der Waals surface area contributed by atoms with Gasteiger partial charge < -0.3 is 10.1 Å². The molecule has 2 rings (SSSR count). The van der Waals surface area contributed by atoms with E-state index in [2.05, 4.69) is 5.32 Å². The van der Waals surface area contributed by atoms with Crippen molar-refractivity contribution in [3.05, 3.63) is 58.1 Å². The first-order chi connectivity index (χ1) is 15.2. The van der Waals surface area contributed by atoms with Gasteiger partial charge in [0, 0.05) is 0 Å². The van der Waals surface area contributed by atoms with E-state index in [1.165, 1.54) is 6.92 Å². The second kappa shape index (κ2) is 10.2. The molecule has 2 aromatic rings. The number of methoxy groups -OCH3 is 1. The van der Waals surface area contributed by atoms with Crippen molar-refractivity contribution in [3.8, 4) is 5.75 Å². The summed E-state index contributed by atoms with van der Waals surface area (Å²) in [6, 6.07) is 6.34. The zero-order valence-electron chi connectivity index (χ0n) is 18.8. The van der Waals surface area contributed by atoms with Gasteiger partial charge in [0.25, 0.3) is 0 Å². The fraction of sp³-hybridized carbons (Fsp3) is 0.409. The number of benzene rings is 2. The van der Waals surface area contributed by atoms with Crippen LogP contribution in [0.5, 0.6) is 5.75 Å². The largest absolute Gasteiger partial charge is 0.496 e. The maximum absolute atomic E-state index is 13.3. The summed E-state index contributed by atoms with van der Waals surface area (Å²) in [5.41, 5.74) is 0.135. The third kappa shape index (κ3) is 6.32. The highest BCUT2D eigenvalue weighted by Crippen LogP contribution is 2.38. The van der Waals surface area contributed by atoms with Crippen LogP contribution in [0.1, 0.15) is 43.0 Å². The van der Waals surface area contributed by atoms with E-state index in [-0.39, 0.29) is 5.69 Å². The highest BCUT2D eigenvalue weighted by molar-refractivity contribution is 7.92. The summed E-state index contributed by atoms with van der Waals surface area (Å²) in [7, 11) is -2.57. The molecule has 0 fully saturated rings. The molecule has 0 saturated carbocycles. The zero-order valence-corrected chi connectivity index (χ0v) is 20.4. The van der Waals surface area contributed by atoms with Crippen LogP contribution in [-0.4, -0.2) is 33.7 Å². The van der Waals surface area contributed by atoms with E-state index >= 15 is 0 Å². The molecule has 0 aromatic heterocycles. The Morgan fingerprint density at radius 2 is 1.85 bits per heavy atom. The number of carbonyl (C=O) groups excluding carboxylic acids is 1. The Morgan fingerprint density at radius 1 is 1.21 bits per heavy atom. The number of halogens is 4. The summed E-state index contributed by atoms with van der Waals surface area (Å²) < 4.78 is 70.8. The molecule has 33 heavy (non-hydrogen) atoms. The molecular formula is C22H26ClF3N2O4S. The topological polar surface area (TPSA) is 75.7 Å². The van der Waals surface area contributed by atoms with Gasteiger partial charge in [-0.15, -0.1) is 0 Å². The van der Waals surface area contributed by atoms with Crippen LogP contribution >= 0.6 is 11.6 Å². The Balaban J connectivity index is 2.39. The molecule has 2 aromatic carbocycles. The lowest BCUT2D eigenvalue weighted by atomic mass is 10.0. The van der Waals surface area contributed by atoms with Crippen LogP contribution in [0.3, 0.4) is 0 Å². The Bertz CT molecular complexity index is 1120. The number of carbonyl (C=O) groups is 1. The minimum absolute atomic E-state index is 0.315. The zero-order chi connectivity index (χ0) is 25.1. The van der Waals surface area contributed by atoms with Gasteiger partial charge in [-0.2, -0.15) is 13.2 Å². The van der Waals surface area contributed by atoms with Crippen LogP contribution in [0.15, 0.2) is 36.4 Å². The minimum Gasteiger partial charge on any atom is -0.496 e. The molecule has 1 amide bonds. The van der Waals surface area contributed by atoms with E-state index in [9.17, 15) is 26.4 Å². The quantitative estimate of drug-likeness (QED) is 0.540. The van der Waals surface area contributed by atoms with Crippen LogP contribution in [0.2, 0.25) is 5.02 Å². The fourth-order valence-corrected chi connectivity index (χ4v) is 4.90. The molecule has 0 aliphatic rings. The molecule has 0 radical (unpaired) electrons. The van der Waals surface area contributed by atoms with Crippen molar-refractivity contribution in [2.45, 2.75) is 45.5 Å². The van der Waals surface area contributed by atoms with Gasteiger partial charge in [-0.3, -0.25) is 9.10 Å². The molecule has 1 N–H and O–H groups in total. The number of anilines is 1. The van der Waals surface area contributed by atoms with Crippen LogP contribution in [-0.2, 0) is 21.0 Å². The van der Waals surface area contributed by atoms with Gasteiger partial charge in [0.15, 0.2) is 0 Å². The van der Waals surface area contributed by atoms with E-state index in [1.807, 2.05) is 19.9 Å². The van der Waals surface area contributed by atoms with Crippen molar-refractivity contribution in [1.29, 1.82) is 0 Å². The Labute approximate surface area is 196 Å². The number of nitrogens with one attached hydrogen (secondary N) is 1. The maximum Gasteiger partial charge on any atom is 0.417 e. The SMILES string of the molecule is CCC(NC(=O)C(C)N(c1ccc(Cl)c(C(F)(F)F)c1)S(C)(=O)=O)c1ccc(OC)c(C)c1. The molecule has 0 bridgehead atoms. The predicted molar refractivity (Wildman–Crippen MR) is 122 cm³/mol. The molecule has 0 heterocycles. The van der Waals surface area contributed by atoms with Gasteiger partial charge in [-0.1, -0.05) is 30.7 Å². The third-order valence-corrected chi connectivity index (χ3v) is 6.72. The lowest BCUT2D eigenvalue weighted by molar-refractivity contribution is -0.137. The average molecular weight is 507 g/mol. The molecule has 182 valence electrons. The number of amides is 1. The number of hydrogen-bond donors (Lipinski definition) is 1. The molecule has 2 atom stereocenters. The van der Waals surface area contributed by atoms with Gasteiger partial charge in [-0.05, 0) is 55.7 Å². The molecule has 0 saturated heterocycles. The van der Waals surface area contributed by atoms with Gasteiger partial charge in [0.1, 0.15) is 11.8 Å². The summed E-state index contributed by atoms with van der Waals surface area (Å²) in [6.07, 6.45) is -3.47. The van der Waals surface area contributed by atoms with E-state index in [0.29, 0.717) is 22.5 Å². The number of sulfonamides is 1. The summed E-state index contributed by atoms with van der Waals surface area (Å²) >= 11 is 5.66. The summed E-state index contributed by atoms with van der Waals surface area (Å²) in [5.74, 6) is 0.0176. The summed E-state index contributed by atoms with van der Waals surface area (Å²) in [6.45, 7) is 5.01. The normalized spacial score (nSPS) is 13.8. The van der Waals surface area contributed by atoms with E-state index in [0.717, 1.165) is 29.5 Å². The molecule has 0 aliphatic heterocycles. The van der Waals surface area contributed by atoms with E-state index < -0.39 is 44.8 Å². The first kappa shape index (κ1) is 26.8. The predicted octanol–water partition coefficient (Wildman–Crippen LogP) is 5.10. The molecule has 6 nitrogen and oxygen atoms in total. The van der Waals surface area contributed by atoms with Crippen LogP contribution in [0, 0.1) is 6.92 Å². The monoisotopic (exact) mass is 506 g/mol. The van der Waals surface area contributed by atoms with E-state index in [4.69, 9.17) is 16.3 Å². The first-order valence-corrected chi connectivity index (χ1v) is 12.2. The van der Waals surface area contributed by atoms with Gasteiger partial charge in [0.05, 0.1) is 35.7 Å². The standard InChI is InChI=1S/C22H26ClF3N2O4S/c1-6-19(15-7-10-20(32-4)13(2)11-15)27-21(29)14(3)28(33(5,30)31)16-8-9-18(23)17(12-16)22(24,25)26/h7-12,14,19H,6H2,1-5H3,(H,27,29). The van der Waals surface area contributed by atoms with E-state index in [1.54, 1.807) is 19.2 Å². The molecule has 0 aliphatic carbocycles. The number of rotatable bonds is 8. The molecule has 11 heteroatoms. The van der Waals surface area contributed by atoms with Crippen molar-refractivity contribution in [1.82, 2.24) is 5.32 Å². The number of aryl methyl sites for hydroxylation is 1. The summed E-state index contributed by atoms with van der Waals surface area (Å²) in [4.78, 5) is 13.0. The van der Waals surface area contributed by atoms with Crippen molar-refractivity contribution in [2.75, 3.05) is 17.7 Å². The number of ether oxygens (including phenoxy) is 1. The minimum atomic E-state index is -4.79. The highest BCUT2D eigenvalue weighted by Gasteiger charge is 2.36. The van der Waals surface area contributed by atoms with Gasteiger partial charge in [0.2, 0.25) is 15.9 Å². The maximum atomic E-state index is 13.3. The van der Waals surface area contributed by atoms with Crippen LogP contribution < -0.4 is 14.4 Å². The molecular weight excluding hydrogens is 481 g/mol. The number of hydrogen-bond acceptors (Lipinski definition) is 4. The average Bonchev–Trinajstić information content (AvgIpc) is 2.71. The Morgan fingerprint density at radius 3 is 2.33 bits per heavy atom. The highest BCUT2D eigenvalue weighted by atomic mass is 35.5. The van der Waals surface area contributed by atoms with Gasteiger partial charge >= 0.3 is 6.18 Å². The number of alkyl halides is 3. The lowest BCUT2D eigenvalue weighted by Gasteiger charge is -2.30. The van der Waals surface area contributed by atoms with Crippen LogP contribution in [0.25, 0.3) is 0 Å². The van der Waals surface area contributed by atoms with Crippen LogP contribution in [0.4, 0.5) is 18.9 Å². The van der Waals surface area contributed by atoms with Crippen molar-refractivity contribution in [3.63, 3.8) is 0 Å². The van der Waals surface area contributed by atoms with Crippen molar-refractivity contribution < 1.29 is 31.1 Å². The van der Waals surface area contributed by atoms with Gasteiger partial charge in [-0.25, -0.2) is 8.42 Å². The van der Waals surface area contributed by atoms with Crippen molar-refractivity contribution >= 4 is 33.2 Å².